The van der Waals surface area contributed by atoms with E-state index in [1.807, 2.05) is 0 Å². The Bertz CT molecular complexity index is 349. The van der Waals surface area contributed by atoms with E-state index in [9.17, 15) is 16.8 Å². The van der Waals surface area contributed by atoms with Gasteiger partial charge in [-0.15, -0.1) is 0 Å². The normalized spacial score (nSPS) is 12.8. The smallest absolute Gasteiger partial charge is 0.265 e. The quantitative estimate of drug-likeness (QED) is 0.444. The van der Waals surface area contributed by atoms with Crippen molar-refractivity contribution in [3.05, 3.63) is 0 Å². The molecule has 0 amide bonds. The Hall–Kier alpha value is 0.520. The monoisotopic (exact) mass is 324 g/mol. The van der Waals surface area contributed by atoms with Gasteiger partial charge in [0.05, 0.1) is 11.5 Å². The Labute approximate surface area is 110 Å². The van der Waals surface area contributed by atoms with Gasteiger partial charge in [0.2, 0.25) is 0 Å². The van der Waals surface area contributed by atoms with E-state index in [2.05, 4.69) is 0 Å². The molecule has 0 saturated heterocycles. The molecule has 0 spiro atoms. The molecule has 0 rings (SSSR count). The van der Waals surface area contributed by atoms with Gasteiger partial charge < -0.3 is 0 Å². The number of rotatable bonds is 10. The SMILES string of the molecule is O=S(=O)(O)CCSCCCSCCS(=O)(=O)O. The lowest BCUT2D eigenvalue weighted by molar-refractivity contribution is 0.483. The Kier molecular flexibility index (Phi) is 8.86. The summed E-state index contributed by atoms with van der Waals surface area (Å²) in [5.74, 6) is 1.74. The Morgan fingerprint density at radius 1 is 0.706 bits per heavy atom. The van der Waals surface area contributed by atoms with E-state index in [0.717, 1.165) is 17.9 Å². The molecule has 0 aliphatic carbocycles. The summed E-state index contributed by atoms with van der Waals surface area (Å²) in [6.07, 6.45) is 0.826. The molecule has 0 bridgehead atoms. The molecule has 10 heteroatoms. The van der Waals surface area contributed by atoms with Crippen molar-refractivity contribution in [2.24, 2.45) is 0 Å². The minimum Gasteiger partial charge on any atom is -0.286 e. The molecule has 0 aromatic heterocycles. The molecule has 0 heterocycles. The van der Waals surface area contributed by atoms with E-state index in [1.54, 1.807) is 0 Å². The molecule has 0 unspecified atom stereocenters. The highest BCUT2D eigenvalue weighted by molar-refractivity contribution is 8.01. The summed E-state index contributed by atoms with van der Waals surface area (Å²) in [5, 5.41) is 0. The molecule has 0 saturated carbocycles. The molecular weight excluding hydrogens is 308 g/mol. The average molecular weight is 324 g/mol. The molecule has 0 aromatic carbocycles. The van der Waals surface area contributed by atoms with Crippen molar-refractivity contribution < 1.29 is 25.9 Å². The first-order valence-corrected chi connectivity index (χ1v) is 10.3. The van der Waals surface area contributed by atoms with Crippen LogP contribution < -0.4 is 0 Å². The third kappa shape index (κ3) is 16.5. The maximum absolute atomic E-state index is 10.4. The Morgan fingerprint density at radius 2 is 1.06 bits per heavy atom. The largest absolute Gasteiger partial charge is 0.286 e. The van der Waals surface area contributed by atoms with E-state index in [0.29, 0.717) is 11.5 Å². The summed E-state index contributed by atoms with van der Waals surface area (Å²) < 4.78 is 58.3. The van der Waals surface area contributed by atoms with Crippen molar-refractivity contribution in [2.75, 3.05) is 34.5 Å². The van der Waals surface area contributed by atoms with Crippen LogP contribution >= 0.6 is 23.5 Å². The van der Waals surface area contributed by atoms with Gasteiger partial charge in [0, 0.05) is 11.5 Å². The molecule has 104 valence electrons. The highest BCUT2D eigenvalue weighted by Gasteiger charge is 2.04. The fourth-order valence-corrected chi connectivity index (χ4v) is 4.71. The van der Waals surface area contributed by atoms with Gasteiger partial charge in [0.25, 0.3) is 20.2 Å². The lowest BCUT2D eigenvalue weighted by Gasteiger charge is -2.01. The van der Waals surface area contributed by atoms with Crippen LogP contribution in [-0.4, -0.2) is 60.5 Å². The Morgan fingerprint density at radius 3 is 1.35 bits per heavy atom. The van der Waals surface area contributed by atoms with Crippen molar-refractivity contribution in [1.29, 1.82) is 0 Å². The second-order valence-corrected chi connectivity index (χ2v) is 8.74. The van der Waals surface area contributed by atoms with E-state index in [-0.39, 0.29) is 11.5 Å². The van der Waals surface area contributed by atoms with Crippen LogP contribution in [0.2, 0.25) is 0 Å². The van der Waals surface area contributed by atoms with Gasteiger partial charge in [0.15, 0.2) is 0 Å². The summed E-state index contributed by atoms with van der Waals surface area (Å²) in [6, 6.07) is 0. The van der Waals surface area contributed by atoms with Crippen LogP contribution in [0.4, 0.5) is 0 Å². The van der Waals surface area contributed by atoms with Gasteiger partial charge in [-0.3, -0.25) is 9.11 Å². The number of hydrogen-bond acceptors (Lipinski definition) is 6. The molecule has 0 radical (unpaired) electrons. The molecule has 2 N–H and O–H groups in total. The van der Waals surface area contributed by atoms with Crippen molar-refractivity contribution in [3.8, 4) is 0 Å². The average Bonchev–Trinajstić information content (AvgIpc) is 2.11. The topological polar surface area (TPSA) is 109 Å². The Balaban J connectivity index is 3.25. The maximum Gasteiger partial charge on any atom is 0.265 e. The van der Waals surface area contributed by atoms with Crippen molar-refractivity contribution in [1.82, 2.24) is 0 Å². The number of thioether (sulfide) groups is 2. The number of hydrogen-bond donors (Lipinski definition) is 2. The van der Waals surface area contributed by atoms with Gasteiger partial charge in [-0.25, -0.2) is 0 Å². The second-order valence-electron chi connectivity index (χ2n) is 3.15. The van der Waals surface area contributed by atoms with Gasteiger partial charge >= 0.3 is 0 Å². The van der Waals surface area contributed by atoms with Crippen LogP contribution in [0.25, 0.3) is 0 Å². The first-order valence-electron chi connectivity index (χ1n) is 4.76. The molecule has 6 nitrogen and oxygen atoms in total. The minimum absolute atomic E-state index is 0.242. The summed E-state index contributed by atoms with van der Waals surface area (Å²) in [4.78, 5) is 0. The highest BCUT2D eigenvalue weighted by atomic mass is 32.2. The van der Waals surface area contributed by atoms with Crippen LogP contribution in [0, 0.1) is 0 Å². The fourth-order valence-electron chi connectivity index (χ4n) is 0.796. The molecular formula is C7H16O6S4. The highest BCUT2D eigenvalue weighted by Crippen LogP contribution is 2.08. The predicted molar refractivity (Wildman–Crippen MR) is 72.1 cm³/mol. The van der Waals surface area contributed by atoms with Crippen LogP contribution in [-0.2, 0) is 20.2 Å². The summed E-state index contributed by atoms with van der Waals surface area (Å²) >= 11 is 2.85. The molecule has 0 atom stereocenters. The first kappa shape index (κ1) is 17.5. The molecule has 0 aromatic rings. The third-order valence-corrected chi connectivity index (χ3v) is 5.65. The second kappa shape index (κ2) is 8.59. The minimum atomic E-state index is -3.86. The fraction of sp³-hybridized carbons (Fsp3) is 1.00. The molecule has 17 heavy (non-hydrogen) atoms. The predicted octanol–water partition coefficient (Wildman–Crippen LogP) is 0.619. The van der Waals surface area contributed by atoms with Crippen molar-refractivity contribution in [2.45, 2.75) is 6.42 Å². The summed E-state index contributed by atoms with van der Waals surface area (Å²) in [5.41, 5.74) is 0. The molecule has 0 fully saturated rings. The van der Waals surface area contributed by atoms with Gasteiger partial charge in [-0.2, -0.15) is 40.4 Å². The molecule has 0 aliphatic heterocycles. The van der Waals surface area contributed by atoms with Crippen molar-refractivity contribution >= 4 is 43.8 Å². The zero-order valence-electron chi connectivity index (χ0n) is 9.11. The van der Waals surface area contributed by atoms with Gasteiger partial charge in [0.1, 0.15) is 0 Å². The van der Waals surface area contributed by atoms with Crippen molar-refractivity contribution in [3.63, 3.8) is 0 Å². The lowest BCUT2D eigenvalue weighted by Crippen LogP contribution is -2.07. The van der Waals surface area contributed by atoms with E-state index in [1.165, 1.54) is 23.5 Å². The lowest BCUT2D eigenvalue weighted by atomic mass is 10.6. The zero-order valence-corrected chi connectivity index (χ0v) is 12.4. The van der Waals surface area contributed by atoms with Crippen LogP contribution in [0.1, 0.15) is 6.42 Å². The van der Waals surface area contributed by atoms with Gasteiger partial charge in [-0.05, 0) is 17.9 Å². The first-order chi connectivity index (χ1) is 7.71. The van der Waals surface area contributed by atoms with Gasteiger partial charge in [-0.1, -0.05) is 0 Å². The summed E-state index contributed by atoms with van der Waals surface area (Å²) in [6.45, 7) is 0. The van der Waals surface area contributed by atoms with Crippen LogP contribution in [0.15, 0.2) is 0 Å². The van der Waals surface area contributed by atoms with E-state index < -0.39 is 20.2 Å². The van der Waals surface area contributed by atoms with E-state index >= 15 is 0 Å². The zero-order chi connectivity index (χ0) is 13.4. The summed E-state index contributed by atoms with van der Waals surface area (Å²) in [7, 11) is -7.72. The van der Waals surface area contributed by atoms with E-state index in [4.69, 9.17) is 9.11 Å². The third-order valence-electron chi connectivity index (χ3n) is 1.55. The molecule has 0 aliphatic rings. The maximum atomic E-state index is 10.4. The van der Waals surface area contributed by atoms with Crippen LogP contribution in [0.5, 0.6) is 0 Å². The standard InChI is InChI=1S/C7H16O6S4/c8-16(9,10)6-4-14-2-1-3-15-5-7-17(11,12)13/h1-7H2,(H,8,9,10)(H,11,12,13). The van der Waals surface area contributed by atoms with Crippen LogP contribution in [0.3, 0.4) is 0 Å².